The zero-order valence-electron chi connectivity index (χ0n) is 10.2. The van der Waals surface area contributed by atoms with Crippen LogP contribution in [0.1, 0.15) is 31.7 Å². The van der Waals surface area contributed by atoms with E-state index in [1.165, 1.54) is 0 Å². The van der Waals surface area contributed by atoms with Gasteiger partial charge in [-0.2, -0.15) is 0 Å². The van der Waals surface area contributed by atoms with Crippen LogP contribution in [-0.4, -0.2) is 18.0 Å². The number of nitrogens with zero attached hydrogens (tertiary/aromatic N) is 1. The minimum absolute atomic E-state index is 0.392. The summed E-state index contributed by atoms with van der Waals surface area (Å²) in [7, 11) is 1.61. The highest BCUT2D eigenvalue weighted by Gasteiger charge is 2.00. The Morgan fingerprint density at radius 3 is 2.59 bits per heavy atom. The highest BCUT2D eigenvalue weighted by molar-refractivity contribution is 6.12. The molecule has 0 heterocycles. The second-order valence-corrected chi connectivity index (χ2v) is 3.58. The van der Waals surface area contributed by atoms with E-state index in [2.05, 4.69) is 23.9 Å². The Bertz CT molecular complexity index is 424. The van der Waals surface area contributed by atoms with Crippen LogP contribution in [0.15, 0.2) is 29.4 Å². The fourth-order valence-corrected chi connectivity index (χ4v) is 1.32. The molecule has 0 saturated heterocycles. The second kappa shape index (κ2) is 7.34. The van der Waals surface area contributed by atoms with Crippen LogP contribution >= 0.6 is 0 Å². The molecule has 0 saturated carbocycles. The minimum Gasteiger partial charge on any atom is -0.497 e. The van der Waals surface area contributed by atoms with Gasteiger partial charge in [-0.05, 0) is 36.6 Å². The van der Waals surface area contributed by atoms with Crippen molar-refractivity contribution >= 4 is 5.71 Å². The SMILES string of the molecule is CCCCC#C/C(=N\O)c1ccc(OC)cc1. The van der Waals surface area contributed by atoms with Crippen molar-refractivity contribution in [2.45, 2.75) is 26.2 Å². The van der Waals surface area contributed by atoms with Gasteiger partial charge >= 0.3 is 0 Å². The summed E-state index contributed by atoms with van der Waals surface area (Å²) in [5.41, 5.74) is 1.18. The smallest absolute Gasteiger partial charge is 0.159 e. The van der Waals surface area contributed by atoms with Gasteiger partial charge in [0.05, 0.1) is 7.11 Å². The molecule has 0 bridgehead atoms. The molecular formula is C14H17NO2. The van der Waals surface area contributed by atoms with Gasteiger partial charge in [-0.15, -0.1) is 0 Å². The molecule has 0 aliphatic rings. The van der Waals surface area contributed by atoms with Crippen molar-refractivity contribution in [1.29, 1.82) is 0 Å². The summed E-state index contributed by atoms with van der Waals surface area (Å²) < 4.78 is 5.06. The lowest BCUT2D eigenvalue weighted by atomic mass is 10.1. The molecular weight excluding hydrogens is 214 g/mol. The minimum atomic E-state index is 0.392. The van der Waals surface area contributed by atoms with E-state index in [4.69, 9.17) is 9.94 Å². The predicted octanol–water partition coefficient (Wildman–Crippen LogP) is 3.07. The molecule has 3 nitrogen and oxygen atoms in total. The highest BCUT2D eigenvalue weighted by atomic mass is 16.5. The molecule has 90 valence electrons. The van der Waals surface area contributed by atoms with Crippen LogP contribution in [0, 0.1) is 11.8 Å². The normalized spacial score (nSPS) is 10.6. The Hall–Kier alpha value is -1.95. The Morgan fingerprint density at radius 1 is 1.35 bits per heavy atom. The van der Waals surface area contributed by atoms with E-state index in [0.717, 1.165) is 30.6 Å². The van der Waals surface area contributed by atoms with Crippen molar-refractivity contribution in [3.05, 3.63) is 29.8 Å². The molecule has 1 rings (SSSR count). The lowest BCUT2D eigenvalue weighted by Crippen LogP contribution is -1.97. The first-order valence-corrected chi connectivity index (χ1v) is 5.67. The van der Waals surface area contributed by atoms with Gasteiger partial charge in [0.15, 0.2) is 5.71 Å². The van der Waals surface area contributed by atoms with Gasteiger partial charge in [0.25, 0.3) is 0 Å². The molecule has 1 aromatic carbocycles. The summed E-state index contributed by atoms with van der Waals surface area (Å²) in [4.78, 5) is 0. The lowest BCUT2D eigenvalue weighted by Gasteiger charge is -2.00. The molecule has 0 spiro atoms. The number of methoxy groups -OCH3 is 1. The van der Waals surface area contributed by atoms with E-state index in [1.54, 1.807) is 7.11 Å². The van der Waals surface area contributed by atoms with Crippen molar-refractivity contribution in [1.82, 2.24) is 0 Å². The van der Waals surface area contributed by atoms with Crippen LogP contribution in [0.5, 0.6) is 5.75 Å². The third-order valence-corrected chi connectivity index (χ3v) is 2.33. The van der Waals surface area contributed by atoms with E-state index in [0.29, 0.717) is 5.71 Å². The van der Waals surface area contributed by atoms with Gasteiger partial charge in [-0.3, -0.25) is 0 Å². The first-order chi connectivity index (χ1) is 8.31. The molecule has 0 aliphatic heterocycles. The van der Waals surface area contributed by atoms with E-state index < -0.39 is 0 Å². The van der Waals surface area contributed by atoms with E-state index in [-0.39, 0.29) is 0 Å². The maximum absolute atomic E-state index is 8.92. The number of oxime groups is 1. The zero-order valence-corrected chi connectivity index (χ0v) is 10.2. The first-order valence-electron chi connectivity index (χ1n) is 5.67. The number of hydrogen-bond donors (Lipinski definition) is 1. The molecule has 0 fully saturated rings. The number of hydrogen-bond acceptors (Lipinski definition) is 3. The van der Waals surface area contributed by atoms with Crippen LogP contribution in [0.25, 0.3) is 0 Å². The Balaban J connectivity index is 2.75. The van der Waals surface area contributed by atoms with Gasteiger partial charge in [-0.1, -0.05) is 24.4 Å². The zero-order chi connectivity index (χ0) is 12.5. The molecule has 0 unspecified atom stereocenters. The van der Waals surface area contributed by atoms with Crippen molar-refractivity contribution in [2.75, 3.05) is 7.11 Å². The van der Waals surface area contributed by atoms with Crippen LogP contribution in [-0.2, 0) is 0 Å². The van der Waals surface area contributed by atoms with Gasteiger partial charge in [-0.25, -0.2) is 0 Å². The lowest BCUT2D eigenvalue weighted by molar-refractivity contribution is 0.320. The molecule has 0 radical (unpaired) electrons. The van der Waals surface area contributed by atoms with Crippen LogP contribution in [0.3, 0.4) is 0 Å². The Labute approximate surface area is 102 Å². The highest BCUT2D eigenvalue weighted by Crippen LogP contribution is 2.11. The molecule has 0 aliphatic carbocycles. The van der Waals surface area contributed by atoms with Crippen LogP contribution in [0.2, 0.25) is 0 Å². The Morgan fingerprint density at radius 2 is 2.06 bits per heavy atom. The van der Waals surface area contributed by atoms with Gasteiger partial charge < -0.3 is 9.94 Å². The van der Waals surface area contributed by atoms with Gasteiger partial charge in [0, 0.05) is 12.0 Å². The predicted molar refractivity (Wildman–Crippen MR) is 68.6 cm³/mol. The molecule has 1 aromatic rings. The molecule has 3 heteroatoms. The average molecular weight is 231 g/mol. The quantitative estimate of drug-likeness (QED) is 0.284. The van der Waals surface area contributed by atoms with Crippen molar-refractivity contribution in [2.24, 2.45) is 5.16 Å². The number of unbranched alkanes of at least 4 members (excludes halogenated alkanes) is 2. The standard InChI is InChI=1S/C14H17NO2/c1-3-4-5-6-7-14(15-16)12-8-10-13(17-2)11-9-12/h8-11,16H,3-5H2,1-2H3/b15-14+. The maximum Gasteiger partial charge on any atom is 0.159 e. The number of ether oxygens (including phenoxy) is 1. The summed E-state index contributed by atoms with van der Waals surface area (Å²) in [5, 5.41) is 12.1. The van der Waals surface area contributed by atoms with Crippen molar-refractivity contribution in [3.63, 3.8) is 0 Å². The number of benzene rings is 1. The van der Waals surface area contributed by atoms with Crippen molar-refractivity contribution in [3.8, 4) is 17.6 Å². The third-order valence-electron chi connectivity index (χ3n) is 2.33. The molecule has 0 aromatic heterocycles. The first kappa shape index (κ1) is 13.1. The topological polar surface area (TPSA) is 41.8 Å². The van der Waals surface area contributed by atoms with Crippen LogP contribution < -0.4 is 4.74 Å². The Kier molecular flexibility index (Phi) is 5.67. The van der Waals surface area contributed by atoms with E-state index >= 15 is 0 Å². The van der Waals surface area contributed by atoms with Crippen molar-refractivity contribution < 1.29 is 9.94 Å². The largest absolute Gasteiger partial charge is 0.497 e. The summed E-state index contributed by atoms with van der Waals surface area (Å²) in [6.45, 7) is 2.12. The fraction of sp³-hybridized carbons (Fsp3) is 0.357. The second-order valence-electron chi connectivity index (χ2n) is 3.58. The van der Waals surface area contributed by atoms with E-state index in [9.17, 15) is 0 Å². The fourth-order valence-electron chi connectivity index (χ4n) is 1.32. The third kappa shape index (κ3) is 4.20. The average Bonchev–Trinajstić information content (AvgIpc) is 2.39. The number of rotatable bonds is 4. The summed E-state index contributed by atoms with van der Waals surface area (Å²) in [6.07, 6.45) is 3.00. The molecule has 0 atom stereocenters. The van der Waals surface area contributed by atoms with E-state index in [1.807, 2.05) is 24.3 Å². The molecule has 0 amide bonds. The maximum atomic E-state index is 8.92. The van der Waals surface area contributed by atoms with Gasteiger partial charge in [0.2, 0.25) is 0 Å². The molecule has 1 N–H and O–H groups in total. The molecule has 17 heavy (non-hydrogen) atoms. The van der Waals surface area contributed by atoms with Crippen LogP contribution in [0.4, 0.5) is 0 Å². The summed E-state index contributed by atoms with van der Waals surface area (Å²) >= 11 is 0. The monoisotopic (exact) mass is 231 g/mol. The van der Waals surface area contributed by atoms with Gasteiger partial charge in [0.1, 0.15) is 5.75 Å². The summed E-state index contributed by atoms with van der Waals surface area (Å²) in [5.74, 6) is 6.63. The summed E-state index contributed by atoms with van der Waals surface area (Å²) in [6, 6.07) is 7.27.